The first-order valence-electron chi connectivity index (χ1n) is 2.83. The molecule has 0 spiro atoms. The van der Waals surface area contributed by atoms with Crippen molar-refractivity contribution in [3.8, 4) is 0 Å². The van der Waals surface area contributed by atoms with Gasteiger partial charge in [0.1, 0.15) is 5.76 Å². The first-order valence-corrected chi connectivity index (χ1v) is 2.83. The van der Waals surface area contributed by atoms with Crippen LogP contribution in [-0.4, -0.2) is 16.4 Å². The Morgan fingerprint density at radius 2 is 2.60 bits per heavy atom. The molecule has 0 aliphatic rings. The second-order valence-electron chi connectivity index (χ2n) is 1.95. The lowest BCUT2D eigenvalue weighted by molar-refractivity contribution is 0.591. The lowest BCUT2D eigenvalue weighted by Gasteiger charge is -1.75. The summed E-state index contributed by atoms with van der Waals surface area (Å²) in [7, 11) is 0. The normalized spacial score (nSPS) is 10.4. The summed E-state index contributed by atoms with van der Waals surface area (Å²) in [6.45, 7) is 0. The molecule has 50 valence electrons. The van der Waals surface area contributed by atoms with Crippen LogP contribution in [0.5, 0.6) is 0 Å². The van der Waals surface area contributed by atoms with Crippen molar-refractivity contribution in [2.24, 2.45) is 0 Å². The molecule has 0 aromatic carbocycles. The molecule has 10 heavy (non-hydrogen) atoms. The molecule has 2 heterocycles. The van der Waals surface area contributed by atoms with E-state index in [1.807, 2.05) is 0 Å². The maximum absolute atomic E-state index is 6.86. The number of fused-ring (bicyclic) bond motifs is 1. The first-order chi connectivity index (χ1) is 4.90. The quantitative estimate of drug-likeness (QED) is 0.576. The summed E-state index contributed by atoms with van der Waals surface area (Å²) >= 11 is 0. The number of nitrogens with one attached hydrogen (secondary N) is 2. The molecule has 0 amide bonds. The summed E-state index contributed by atoms with van der Waals surface area (Å²) in [6.07, 6.45) is 2.82. The van der Waals surface area contributed by atoms with Crippen LogP contribution in [0.2, 0.25) is 0 Å². The number of H-pyrrole nitrogens is 1. The highest BCUT2D eigenvalue weighted by Gasteiger charge is 2.00. The molecule has 2 rings (SSSR count). The van der Waals surface area contributed by atoms with E-state index in [2.05, 4.69) is 10.2 Å². The highest BCUT2D eigenvalue weighted by molar-refractivity contribution is 5.83. The Balaban J connectivity index is 2.78. The Morgan fingerprint density at radius 1 is 1.70 bits per heavy atom. The van der Waals surface area contributed by atoms with Crippen molar-refractivity contribution in [1.82, 2.24) is 10.2 Å². The zero-order chi connectivity index (χ0) is 6.97. The Kier molecular flexibility index (Phi) is 0.887. The van der Waals surface area contributed by atoms with Gasteiger partial charge in [0.2, 0.25) is 5.71 Å². The molecule has 0 atom stereocenters. The fourth-order valence-electron chi connectivity index (χ4n) is 0.840. The predicted molar refractivity (Wildman–Crippen MR) is 36.2 cm³/mol. The van der Waals surface area contributed by atoms with Gasteiger partial charge in [-0.25, -0.2) is 5.10 Å². The maximum atomic E-state index is 6.86. The summed E-state index contributed by atoms with van der Waals surface area (Å²) in [4.78, 5) is 0. The number of aromatic amines is 1. The molecule has 0 saturated carbocycles. The van der Waals surface area contributed by atoms with Crippen LogP contribution in [0.4, 0.5) is 0 Å². The summed E-state index contributed by atoms with van der Waals surface area (Å²) in [5.74, 6) is 0.545. The number of nitrogens with zero attached hydrogens (tertiary/aromatic N) is 1. The monoisotopic (exact) mass is 135 g/mol. The zero-order valence-corrected chi connectivity index (χ0v) is 5.09. The van der Waals surface area contributed by atoms with E-state index in [4.69, 9.17) is 9.83 Å². The van der Waals surface area contributed by atoms with Crippen molar-refractivity contribution in [3.05, 3.63) is 18.0 Å². The van der Waals surface area contributed by atoms with Gasteiger partial charge < -0.3 is 9.83 Å². The summed E-state index contributed by atoms with van der Waals surface area (Å²) in [5, 5.41) is 14.2. The summed E-state index contributed by atoms with van der Waals surface area (Å²) in [5.41, 5.74) is 0.624. The maximum Gasteiger partial charge on any atom is 0.222 e. The standard InChI is InChI=1S/C6H5N3O/c7-2-5-1-4-3-8-9-6(4)10-5/h1-3,7H,(H,8,9). The first kappa shape index (κ1) is 5.22. The highest BCUT2D eigenvalue weighted by atomic mass is 16.3. The minimum absolute atomic E-state index is 0.545. The van der Waals surface area contributed by atoms with E-state index < -0.39 is 0 Å². The van der Waals surface area contributed by atoms with Gasteiger partial charge in [0.05, 0.1) is 17.8 Å². The number of rotatable bonds is 1. The molecule has 2 aromatic rings. The Hall–Kier alpha value is -1.58. The van der Waals surface area contributed by atoms with Crippen LogP contribution in [0.15, 0.2) is 16.7 Å². The molecule has 0 fully saturated rings. The van der Waals surface area contributed by atoms with Crippen molar-refractivity contribution in [2.75, 3.05) is 0 Å². The van der Waals surface area contributed by atoms with Gasteiger partial charge in [0, 0.05) is 0 Å². The number of aromatic nitrogens is 2. The van der Waals surface area contributed by atoms with Gasteiger partial charge in [-0.05, 0) is 6.07 Å². The molecular weight excluding hydrogens is 130 g/mol. The molecule has 0 radical (unpaired) electrons. The van der Waals surface area contributed by atoms with E-state index in [-0.39, 0.29) is 0 Å². The van der Waals surface area contributed by atoms with E-state index in [0.29, 0.717) is 11.5 Å². The third kappa shape index (κ3) is 0.556. The summed E-state index contributed by atoms with van der Waals surface area (Å²) in [6, 6.07) is 1.76. The SMILES string of the molecule is N=Cc1cc2cn[nH]c2o1. The lowest BCUT2D eigenvalue weighted by atomic mass is 10.4. The number of hydrogen-bond acceptors (Lipinski definition) is 3. The van der Waals surface area contributed by atoms with E-state index in [9.17, 15) is 0 Å². The van der Waals surface area contributed by atoms with Crippen molar-refractivity contribution in [1.29, 1.82) is 5.41 Å². The van der Waals surface area contributed by atoms with E-state index in [1.54, 1.807) is 12.3 Å². The molecule has 2 N–H and O–H groups in total. The molecule has 0 aliphatic heterocycles. The average molecular weight is 135 g/mol. The summed E-state index contributed by atoms with van der Waals surface area (Å²) < 4.78 is 5.10. The molecule has 4 nitrogen and oxygen atoms in total. The molecular formula is C6H5N3O. The highest BCUT2D eigenvalue weighted by Crippen LogP contribution is 2.13. The lowest BCUT2D eigenvalue weighted by Crippen LogP contribution is -1.69. The molecule has 0 unspecified atom stereocenters. The molecule has 2 aromatic heterocycles. The number of hydrogen-bond donors (Lipinski definition) is 2. The van der Waals surface area contributed by atoms with Crippen molar-refractivity contribution in [3.63, 3.8) is 0 Å². The van der Waals surface area contributed by atoms with Crippen LogP contribution in [-0.2, 0) is 0 Å². The molecule has 0 saturated heterocycles. The second kappa shape index (κ2) is 1.70. The van der Waals surface area contributed by atoms with Gasteiger partial charge in [-0.1, -0.05) is 0 Å². The third-order valence-corrected chi connectivity index (χ3v) is 1.29. The van der Waals surface area contributed by atoms with E-state index in [1.165, 1.54) is 0 Å². The van der Waals surface area contributed by atoms with Crippen LogP contribution >= 0.6 is 0 Å². The fourth-order valence-corrected chi connectivity index (χ4v) is 0.840. The van der Waals surface area contributed by atoms with Crippen molar-refractivity contribution >= 4 is 17.3 Å². The fraction of sp³-hybridized carbons (Fsp3) is 0. The minimum Gasteiger partial charge on any atom is -0.437 e. The predicted octanol–water partition coefficient (Wildman–Crippen LogP) is 1.15. The Labute approximate surface area is 56.4 Å². The largest absolute Gasteiger partial charge is 0.437 e. The van der Waals surface area contributed by atoms with Crippen LogP contribution in [0.25, 0.3) is 11.1 Å². The Bertz CT molecular complexity index is 331. The molecule has 4 heteroatoms. The van der Waals surface area contributed by atoms with Gasteiger partial charge in [-0.2, -0.15) is 5.10 Å². The molecule has 0 aliphatic carbocycles. The topological polar surface area (TPSA) is 65.7 Å². The van der Waals surface area contributed by atoms with Crippen LogP contribution in [0.1, 0.15) is 5.76 Å². The number of furan rings is 1. The van der Waals surface area contributed by atoms with Gasteiger partial charge in [0.25, 0.3) is 0 Å². The third-order valence-electron chi connectivity index (χ3n) is 1.29. The second-order valence-corrected chi connectivity index (χ2v) is 1.95. The zero-order valence-electron chi connectivity index (χ0n) is 5.09. The minimum atomic E-state index is 0.545. The van der Waals surface area contributed by atoms with Crippen molar-refractivity contribution < 1.29 is 4.42 Å². The smallest absolute Gasteiger partial charge is 0.222 e. The van der Waals surface area contributed by atoms with E-state index >= 15 is 0 Å². The van der Waals surface area contributed by atoms with E-state index in [0.717, 1.165) is 11.6 Å². The van der Waals surface area contributed by atoms with Crippen LogP contribution < -0.4 is 0 Å². The van der Waals surface area contributed by atoms with Crippen LogP contribution in [0, 0.1) is 5.41 Å². The molecule has 0 bridgehead atoms. The Morgan fingerprint density at radius 3 is 3.30 bits per heavy atom. The van der Waals surface area contributed by atoms with Crippen LogP contribution in [0.3, 0.4) is 0 Å². The van der Waals surface area contributed by atoms with Gasteiger partial charge in [0.15, 0.2) is 0 Å². The van der Waals surface area contributed by atoms with Gasteiger partial charge in [-0.15, -0.1) is 0 Å². The van der Waals surface area contributed by atoms with Crippen molar-refractivity contribution in [2.45, 2.75) is 0 Å². The average Bonchev–Trinajstić information content (AvgIpc) is 2.42. The van der Waals surface area contributed by atoms with Gasteiger partial charge in [-0.3, -0.25) is 0 Å². The van der Waals surface area contributed by atoms with Gasteiger partial charge >= 0.3 is 0 Å².